The topological polar surface area (TPSA) is 89.5 Å². The summed E-state index contributed by atoms with van der Waals surface area (Å²) in [5.41, 5.74) is 9.97. The maximum absolute atomic E-state index is 12.4. The third-order valence-electron chi connectivity index (χ3n) is 5.77. The van der Waals surface area contributed by atoms with E-state index in [1.165, 1.54) is 12.1 Å². The third kappa shape index (κ3) is 4.63. The van der Waals surface area contributed by atoms with E-state index in [1.807, 2.05) is 69.3 Å². The van der Waals surface area contributed by atoms with Gasteiger partial charge >= 0.3 is 0 Å². The van der Waals surface area contributed by atoms with Gasteiger partial charge in [0.15, 0.2) is 0 Å². The number of hydrogen-bond donors (Lipinski definition) is 1. The van der Waals surface area contributed by atoms with Crippen LogP contribution in [0.1, 0.15) is 32.9 Å². The van der Waals surface area contributed by atoms with Crippen LogP contribution in [0, 0.1) is 30.9 Å². The number of rotatable bonds is 6. The lowest BCUT2D eigenvalue weighted by molar-refractivity contribution is -0.384. The van der Waals surface area contributed by atoms with Crippen LogP contribution in [-0.4, -0.2) is 21.6 Å². The Kier molecular flexibility index (Phi) is 6.36. The number of hydrogen-bond acceptors (Lipinski definition) is 4. The molecule has 0 aliphatic rings. The average molecular weight is 453 g/mol. The molecule has 0 radical (unpaired) electrons. The minimum Gasteiger partial charge on any atom is -0.318 e. The zero-order chi connectivity index (χ0) is 24.2. The number of nitro benzene ring substituents is 1. The predicted molar refractivity (Wildman–Crippen MR) is 134 cm³/mol. The van der Waals surface area contributed by atoms with E-state index in [0.29, 0.717) is 5.56 Å². The summed E-state index contributed by atoms with van der Waals surface area (Å²) in [7, 11) is 0. The zero-order valence-electron chi connectivity index (χ0n) is 19.1. The first kappa shape index (κ1) is 22.7. The van der Waals surface area contributed by atoms with Gasteiger partial charge < -0.3 is 4.57 Å². The molecular formula is C27H24N4O3. The van der Waals surface area contributed by atoms with Crippen molar-refractivity contribution in [3.8, 4) is 16.8 Å². The number of hydrazone groups is 1. The van der Waals surface area contributed by atoms with E-state index in [1.54, 1.807) is 24.4 Å². The highest BCUT2D eigenvalue weighted by atomic mass is 16.6. The summed E-state index contributed by atoms with van der Waals surface area (Å²) in [4.78, 5) is 22.8. The van der Waals surface area contributed by atoms with Crippen molar-refractivity contribution in [3.05, 3.63) is 117 Å². The van der Waals surface area contributed by atoms with Crippen molar-refractivity contribution in [2.75, 3.05) is 0 Å². The second-order valence-electron chi connectivity index (χ2n) is 8.03. The molecule has 7 heteroatoms. The standard InChI is InChI=1S/C27H24N4O3/c1-18-6-4-5-7-26(18)27(32)29-28-17-23-16-19(2)30(20(23)3)24-12-8-21(9-13-24)22-10-14-25(15-11-22)31(33)34/h4-17H,1-3H3,(H,29,32)/b28-17-. The van der Waals surface area contributed by atoms with Gasteiger partial charge in [-0.05, 0) is 73.9 Å². The lowest BCUT2D eigenvalue weighted by atomic mass is 10.0. The largest absolute Gasteiger partial charge is 0.318 e. The summed E-state index contributed by atoms with van der Waals surface area (Å²) in [5.74, 6) is -0.245. The van der Waals surface area contributed by atoms with Crippen molar-refractivity contribution in [2.45, 2.75) is 20.8 Å². The molecule has 0 saturated carbocycles. The van der Waals surface area contributed by atoms with Crippen LogP contribution in [-0.2, 0) is 0 Å². The average Bonchev–Trinajstić information content (AvgIpc) is 3.12. The van der Waals surface area contributed by atoms with Gasteiger partial charge in [0.2, 0.25) is 0 Å². The number of nitro groups is 1. The summed E-state index contributed by atoms with van der Waals surface area (Å²) in [5, 5.41) is 15.0. The Morgan fingerprint density at radius 1 is 0.941 bits per heavy atom. The van der Waals surface area contributed by atoms with E-state index in [0.717, 1.165) is 39.3 Å². The highest BCUT2D eigenvalue weighted by Crippen LogP contribution is 2.25. The third-order valence-corrected chi connectivity index (χ3v) is 5.77. The minimum absolute atomic E-state index is 0.0725. The Labute approximate surface area is 197 Å². The Balaban J connectivity index is 1.52. The van der Waals surface area contributed by atoms with Crippen LogP contribution in [0.4, 0.5) is 5.69 Å². The van der Waals surface area contributed by atoms with Gasteiger partial charge in [-0.2, -0.15) is 5.10 Å². The summed E-state index contributed by atoms with van der Waals surface area (Å²) >= 11 is 0. The minimum atomic E-state index is -0.403. The SMILES string of the molecule is Cc1ccccc1C(=O)N/N=C\c1cc(C)n(-c2ccc(-c3ccc([N+](=O)[O-])cc3)cc2)c1C. The van der Waals surface area contributed by atoms with Crippen LogP contribution < -0.4 is 5.43 Å². The van der Waals surface area contributed by atoms with E-state index >= 15 is 0 Å². The number of aromatic nitrogens is 1. The van der Waals surface area contributed by atoms with Gasteiger partial charge in [-0.25, -0.2) is 5.43 Å². The van der Waals surface area contributed by atoms with Gasteiger partial charge in [-0.15, -0.1) is 0 Å². The number of benzene rings is 3. The van der Waals surface area contributed by atoms with Crippen LogP contribution >= 0.6 is 0 Å². The quantitative estimate of drug-likeness (QED) is 0.230. The van der Waals surface area contributed by atoms with Crippen molar-refractivity contribution in [1.29, 1.82) is 0 Å². The second-order valence-corrected chi connectivity index (χ2v) is 8.03. The fourth-order valence-corrected chi connectivity index (χ4v) is 3.94. The number of nitrogens with one attached hydrogen (secondary N) is 1. The molecule has 0 unspecified atom stereocenters. The van der Waals surface area contributed by atoms with Crippen molar-refractivity contribution >= 4 is 17.8 Å². The maximum Gasteiger partial charge on any atom is 0.271 e. The molecule has 1 amide bonds. The van der Waals surface area contributed by atoms with Crippen molar-refractivity contribution < 1.29 is 9.72 Å². The molecule has 0 atom stereocenters. The van der Waals surface area contributed by atoms with E-state index < -0.39 is 4.92 Å². The molecular weight excluding hydrogens is 428 g/mol. The Morgan fingerprint density at radius 3 is 2.18 bits per heavy atom. The van der Waals surface area contributed by atoms with E-state index in [9.17, 15) is 14.9 Å². The molecule has 1 heterocycles. The van der Waals surface area contributed by atoms with Crippen molar-refractivity contribution in [2.24, 2.45) is 5.10 Å². The van der Waals surface area contributed by atoms with Gasteiger partial charge in [-0.1, -0.05) is 30.3 Å². The van der Waals surface area contributed by atoms with E-state index in [4.69, 9.17) is 0 Å². The molecule has 7 nitrogen and oxygen atoms in total. The van der Waals surface area contributed by atoms with Crippen LogP contribution in [0.5, 0.6) is 0 Å². The molecule has 0 bridgehead atoms. The van der Waals surface area contributed by atoms with Crippen LogP contribution in [0.2, 0.25) is 0 Å². The Hall–Kier alpha value is -4.52. The molecule has 34 heavy (non-hydrogen) atoms. The zero-order valence-corrected chi connectivity index (χ0v) is 19.1. The molecule has 0 aliphatic carbocycles. The molecule has 0 aliphatic heterocycles. The maximum atomic E-state index is 12.4. The highest BCUT2D eigenvalue weighted by molar-refractivity contribution is 5.96. The van der Waals surface area contributed by atoms with Gasteiger partial charge in [0, 0.05) is 40.3 Å². The fraction of sp³-hybridized carbons (Fsp3) is 0.111. The summed E-state index contributed by atoms with van der Waals surface area (Å²) in [6.07, 6.45) is 1.65. The smallest absolute Gasteiger partial charge is 0.271 e. The van der Waals surface area contributed by atoms with Gasteiger partial charge in [0.25, 0.3) is 11.6 Å². The second kappa shape index (κ2) is 9.54. The summed E-state index contributed by atoms with van der Waals surface area (Å²) in [6, 6.07) is 23.9. The lowest BCUT2D eigenvalue weighted by Crippen LogP contribution is -2.18. The number of aryl methyl sites for hydroxylation is 2. The van der Waals surface area contributed by atoms with Crippen LogP contribution in [0.3, 0.4) is 0 Å². The van der Waals surface area contributed by atoms with Gasteiger partial charge in [-0.3, -0.25) is 14.9 Å². The summed E-state index contributed by atoms with van der Waals surface area (Å²) in [6.45, 7) is 5.90. The normalized spacial score (nSPS) is 11.0. The number of nitrogens with zero attached hydrogens (tertiary/aromatic N) is 3. The van der Waals surface area contributed by atoms with Gasteiger partial charge in [0.05, 0.1) is 11.1 Å². The molecule has 170 valence electrons. The predicted octanol–water partition coefficient (Wildman–Crippen LogP) is 5.74. The van der Waals surface area contributed by atoms with Crippen molar-refractivity contribution in [3.63, 3.8) is 0 Å². The number of carbonyl (C=O) groups excluding carboxylic acids is 1. The first-order valence-corrected chi connectivity index (χ1v) is 10.8. The molecule has 1 aromatic heterocycles. The number of carbonyl (C=O) groups is 1. The highest BCUT2D eigenvalue weighted by Gasteiger charge is 2.11. The van der Waals surface area contributed by atoms with Gasteiger partial charge in [0.1, 0.15) is 0 Å². The molecule has 3 aromatic carbocycles. The van der Waals surface area contributed by atoms with Crippen molar-refractivity contribution in [1.82, 2.24) is 9.99 Å². The molecule has 0 saturated heterocycles. The molecule has 0 fully saturated rings. The van der Waals surface area contributed by atoms with Crippen LogP contribution in [0.15, 0.2) is 84.0 Å². The Bertz CT molecular complexity index is 1380. The first-order chi connectivity index (χ1) is 16.3. The lowest BCUT2D eigenvalue weighted by Gasteiger charge is -2.11. The number of amides is 1. The molecule has 0 spiro atoms. The number of non-ortho nitro benzene ring substituents is 1. The summed E-state index contributed by atoms with van der Waals surface area (Å²) < 4.78 is 2.12. The molecule has 4 rings (SSSR count). The molecule has 1 N–H and O–H groups in total. The van der Waals surface area contributed by atoms with E-state index in [-0.39, 0.29) is 11.6 Å². The first-order valence-electron chi connectivity index (χ1n) is 10.8. The van der Waals surface area contributed by atoms with Crippen LogP contribution in [0.25, 0.3) is 16.8 Å². The molecule has 4 aromatic rings. The monoisotopic (exact) mass is 452 g/mol. The van der Waals surface area contributed by atoms with E-state index in [2.05, 4.69) is 15.1 Å². The Morgan fingerprint density at radius 2 is 1.56 bits per heavy atom. The fourth-order valence-electron chi connectivity index (χ4n) is 3.94.